The molecule has 0 saturated carbocycles. The molecular formula is C15H17BrNO2Y-. The second-order valence-corrected chi connectivity index (χ2v) is 5.34. The van der Waals surface area contributed by atoms with Crippen LogP contribution in [-0.4, -0.2) is 25.2 Å². The van der Waals surface area contributed by atoms with Gasteiger partial charge in [-0.15, -0.1) is 17.8 Å². The van der Waals surface area contributed by atoms with Gasteiger partial charge in [0.15, 0.2) is 0 Å². The summed E-state index contributed by atoms with van der Waals surface area (Å²) in [5.41, 5.74) is 3.03. The summed E-state index contributed by atoms with van der Waals surface area (Å²) < 4.78 is 10.5. The van der Waals surface area contributed by atoms with E-state index in [0.29, 0.717) is 13.2 Å². The third-order valence-corrected chi connectivity index (χ3v) is 3.70. The van der Waals surface area contributed by atoms with Gasteiger partial charge in [0.05, 0.1) is 6.61 Å². The van der Waals surface area contributed by atoms with E-state index in [0.717, 1.165) is 29.1 Å². The van der Waals surface area contributed by atoms with Crippen molar-refractivity contribution in [2.24, 2.45) is 0 Å². The summed E-state index contributed by atoms with van der Waals surface area (Å²) in [6.07, 6.45) is 4.15. The first-order valence-electron chi connectivity index (χ1n) is 6.13. The number of ether oxygens (including phenoxy) is 2. The molecule has 1 radical (unpaired) electrons. The fraction of sp³-hybridized carbons (Fsp3) is 0.333. The van der Waals surface area contributed by atoms with Gasteiger partial charge < -0.3 is 14.8 Å². The van der Waals surface area contributed by atoms with Gasteiger partial charge in [-0.25, -0.2) is 6.08 Å². The molecule has 3 nitrogen and oxygen atoms in total. The van der Waals surface area contributed by atoms with Gasteiger partial charge in [0.1, 0.15) is 12.4 Å². The Morgan fingerprint density at radius 3 is 2.65 bits per heavy atom. The number of rotatable bonds is 5. The number of methoxy groups -OCH3 is 1. The van der Waals surface area contributed by atoms with Gasteiger partial charge in [-0.2, -0.15) is 5.56 Å². The van der Waals surface area contributed by atoms with E-state index in [1.165, 1.54) is 0 Å². The number of allylic oxidation sites excluding steroid dienone is 2. The topological polar surface area (TPSA) is 30.5 Å². The summed E-state index contributed by atoms with van der Waals surface area (Å²) in [5.74, 6) is 0.842. The molecular weight excluding hydrogens is 395 g/mol. The molecule has 0 amide bonds. The first-order chi connectivity index (χ1) is 9.20. The summed E-state index contributed by atoms with van der Waals surface area (Å²) in [6.45, 7) is 5.13. The molecule has 1 aliphatic rings. The van der Waals surface area contributed by atoms with Crippen molar-refractivity contribution in [3.05, 3.63) is 48.2 Å². The normalized spacial score (nSPS) is 17.8. The zero-order valence-electron chi connectivity index (χ0n) is 11.5. The molecule has 1 aromatic rings. The van der Waals surface area contributed by atoms with Crippen LogP contribution >= 0.6 is 15.9 Å². The maximum Gasteiger partial charge on any atom is 0.116 e. The molecule has 0 spiro atoms. The minimum atomic E-state index is 0. The molecule has 0 bridgehead atoms. The first-order valence-corrected chi connectivity index (χ1v) is 7.05. The van der Waals surface area contributed by atoms with Crippen LogP contribution in [0.1, 0.15) is 12.0 Å². The number of hydrogen-bond donors (Lipinski definition) is 1. The van der Waals surface area contributed by atoms with E-state index in [1.807, 2.05) is 24.3 Å². The Morgan fingerprint density at radius 2 is 2.05 bits per heavy atom. The average Bonchev–Trinajstić information content (AvgIpc) is 2.43. The van der Waals surface area contributed by atoms with Gasteiger partial charge in [-0.1, -0.05) is 28.9 Å². The van der Waals surface area contributed by atoms with Crippen LogP contribution in [0.2, 0.25) is 0 Å². The Kier molecular flexibility index (Phi) is 8.04. The molecule has 0 fully saturated rings. The van der Waals surface area contributed by atoms with Gasteiger partial charge in [-0.3, -0.25) is 0 Å². The summed E-state index contributed by atoms with van der Waals surface area (Å²) in [4.78, 5) is 0.257. The molecule has 1 N–H and O–H groups in total. The zero-order valence-corrected chi connectivity index (χ0v) is 15.9. The number of alkyl halides is 1. The van der Waals surface area contributed by atoms with E-state index in [2.05, 4.69) is 33.9 Å². The van der Waals surface area contributed by atoms with Crippen molar-refractivity contribution >= 4 is 21.6 Å². The van der Waals surface area contributed by atoms with Gasteiger partial charge in [0, 0.05) is 50.3 Å². The fourth-order valence-electron chi connectivity index (χ4n) is 1.73. The maximum absolute atomic E-state index is 5.53. The van der Waals surface area contributed by atoms with Gasteiger partial charge >= 0.3 is 0 Å². The average molecular weight is 412 g/mol. The van der Waals surface area contributed by atoms with Crippen molar-refractivity contribution in [3.63, 3.8) is 0 Å². The third kappa shape index (κ3) is 4.99. The van der Waals surface area contributed by atoms with E-state index >= 15 is 0 Å². The molecule has 0 aliphatic carbocycles. The van der Waals surface area contributed by atoms with E-state index < -0.39 is 0 Å². The van der Waals surface area contributed by atoms with Crippen LogP contribution < -0.4 is 10.1 Å². The third-order valence-electron chi connectivity index (χ3n) is 2.82. The Labute approximate surface area is 153 Å². The van der Waals surface area contributed by atoms with Crippen LogP contribution in [0.25, 0.3) is 5.70 Å². The molecule has 1 aromatic carbocycles. The van der Waals surface area contributed by atoms with Gasteiger partial charge in [0.2, 0.25) is 0 Å². The summed E-state index contributed by atoms with van der Waals surface area (Å²) >= 11 is 3.53. The summed E-state index contributed by atoms with van der Waals surface area (Å²) in [5, 5.41) is 3.26. The van der Waals surface area contributed by atoms with Crippen LogP contribution in [-0.2, 0) is 37.4 Å². The number of benzene rings is 1. The monoisotopic (exact) mass is 411 g/mol. The molecule has 105 valence electrons. The van der Waals surface area contributed by atoms with Crippen LogP contribution in [0.5, 0.6) is 5.75 Å². The van der Waals surface area contributed by atoms with Gasteiger partial charge in [0.25, 0.3) is 0 Å². The van der Waals surface area contributed by atoms with Crippen molar-refractivity contribution in [2.45, 2.75) is 11.2 Å². The molecule has 20 heavy (non-hydrogen) atoms. The smallest absolute Gasteiger partial charge is 0.116 e. The molecule has 1 aliphatic heterocycles. The Bertz CT molecular complexity index is 473. The number of halogens is 1. The van der Waals surface area contributed by atoms with E-state index in [1.54, 1.807) is 7.11 Å². The molecule has 0 aromatic heterocycles. The Morgan fingerprint density at radius 1 is 1.35 bits per heavy atom. The number of nitrogens with one attached hydrogen (secondary N) is 1. The summed E-state index contributed by atoms with van der Waals surface area (Å²) in [7, 11) is 1.66. The fourth-order valence-corrected chi connectivity index (χ4v) is 2.01. The van der Waals surface area contributed by atoms with Crippen LogP contribution in [0.3, 0.4) is 0 Å². The predicted octanol–water partition coefficient (Wildman–Crippen LogP) is 3.12. The standard InChI is InChI=1S/C15H17BrNO2.Y/c1-11-14(16)7-8-15(17-11)12-3-5-13(6-4-12)19-10-9-18-2;/h3-6,14,17H,1,7,9-10H2,2H3;/q-1;. The van der Waals surface area contributed by atoms with E-state index in [9.17, 15) is 0 Å². The second kappa shape index (κ2) is 8.98. The summed E-state index contributed by atoms with van der Waals surface area (Å²) in [6, 6.07) is 7.92. The zero-order chi connectivity index (χ0) is 13.7. The predicted molar refractivity (Wildman–Crippen MR) is 80.1 cm³/mol. The Hall–Kier alpha value is -0.156. The van der Waals surface area contributed by atoms with Crippen LogP contribution in [0.15, 0.2) is 36.5 Å². The largest absolute Gasteiger partial charge is 0.491 e. The maximum atomic E-state index is 5.53. The molecule has 5 heteroatoms. The number of hydrogen-bond acceptors (Lipinski definition) is 3. The molecule has 1 heterocycles. The van der Waals surface area contributed by atoms with E-state index in [4.69, 9.17) is 9.47 Å². The minimum Gasteiger partial charge on any atom is -0.491 e. The van der Waals surface area contributed by atoms with Gasteiger partial charge in [-0.05, 0) is 12.1 Å². The Balaban J connectivity index is 0.00000200. The van der Waals surface area contributed by atoms with Crippen molar-refractivity contribution < 1.29 is 42.2 Å². The quantitative estimate of drug-likeness (QED) is 0.458. The van der Waals surface area contributed by atoms with Crippen molar-refractivity contribution in [1.29, 1.82) is 0 Å². The van der Waals surface area contributed by atoms with Crippen LogP contribution in [0, 0.1) is 6.08 Å². The molecule has 0 saturated heterocycles. The second-order valence-electron chi connectivity index (χ2n) is 4.24. The van der Waals surface area contributed by atoms with Crippen molar-refractivity contribution in [1.82, 2.24) is 5.32 Å². The minimum absolute atomic E-state index is 0. The van der Waals surface area contributed by atoms with Crippen molar-refractivity contribution in [3.8, 4) is 5.75 Å². The molecule has 2 rings (SSSR count). The molecule has 1 unspecified atom stereocenters. The SMILES string of the molecule is C=C1NC(c2ccc(OCCOC)cc2)=[C-]CC1Br.[Y]. The van der Waals surface area contributed by atoms with E-state index in [-0.39, 0.29) is 37.5 Å². The van der Waals surface area contributed by atoms with Crippen molar-refractivity contribution in [2.75, 3.05) is 20.3 Å². The molecule has 1 atom stereocenters. The first kappa shape index (κ1) is 17.9. The van der Waals surface area contributed by atoms with Crippen LogP contribution in [0.4, 0.5) is 0 Å².